The number of hydrogen-bond donors (Lipinski definition) is 3. The zero-order valence-electron chi connectivity index (χ0n) is 59.5. The van der Waals surface area contributed by atoms with Crippen molar-refractivity contribution in [3.63, 3.8) is 0 Å². The van der Waals surface area contributed by atoms with Gasteiger partial charge in [0, 0.05) is 64.3 Å². The molecule has 518 valence electrons. The number of benzene rings is 4. The smallest absolute Gasteiger partial charge is 0.465 e. The van der Waals surface area contributed by atoms with Crippen molar-refractivity contribution in [3.8, 4) is 11.4 Å². The fourth-order valence-electron chi connectivity index (χ4n) is 12.0. The molecule has 3 aromatic heterocycles. The van der Waals surface area contributed by atoms with E-state index in [1.165, 1.54) is 62.8 Å². The quantitative estimate of drug-likeness (QED) is 0.0179. The summed E-state index contributed by atoms with van der Waals surface area (Å²) in [5.41, 5.74) is 11.9. The Balaban J connectivity index is 0.000000200. The number of ether oxygens (including phenoxy) is 7. The Labute approximate surface area is 584 Å². The predicted octanol–water partition coefficient (Wildman–Crippen LogP) is 15.2. The van der Waals surface area contributed by atoms with E-state index in [9.17, 15) is 24.4 Å². The maximum atomic E-state index is 12.6. The number of rotatable bonds is 23. The first-order valence-corrected chi connectivity index (χ1v) is 42.0. The number of fused-ring (bicyclic) bond motifs is 4. The SMILES string of the molecule is CC1(COCc2ccccc2)CCc2c(I)nn(C(=O)OC(C)(C)C)c2C1.CNc1ccc2cc(-c3nn(COCC[Si](C)(C)C)c4c3CCC(C)(COCc3ccccc3)C4)n(COCC[Si](C)(C)C)c2c1.COC(=O)c1ccc2c(c1)C(C(=O)OC(C)(C)C)C(B(O)O)=C2. The van der Waals surface area contributed by atoms with Gasteiger partial charge in [0.15, 0.2) is 0 Å². The largest absolute Gasteiger partial charge is 0.485 e. The van der Waals surface area contributed by atoms with E-state index in [4.69, 9.17) is 33.5 Å². The van der Waals surface area contributed by atoms with Gasteiger partial charge in [-0.15, -0.1) is 0 Å². The van der Waals surface area contributed by atoms with Crippen LogP contribution in [0.1, 0.15) is 129 Å². The van der Waals surface area contributed by atoms with Gasteiger partial charge in [0.1, 0.15) is 40.0 Å². The van der Waals surface area contributed by atoms with Crippen LogP contribution in [0.15, 0.2) is 109 Å². The Bertz CT molecular complexity index is 3830. The molecule has 3 atom stereocenters. The van der Waals surface area contributed by atoms with Crippen LogP contribution in [0.4, 0.5) is 10.5 Å². The normalized spacial score (nSPS) is 17.6. The molecule has 18 nitrogen and oxygen atoms in total. The van der Waals surface area contributed by atoms with Crippen molar-refractivity contribution in [2.75, 3.05) is 45.9 Å². The number of nitrogens with one attached hydrogen (secondary N) is 1. The van der Waals surface area contributed by atoms with Gasteiger partial charge in [0.2, 0.25) is 0 Å². The first kappa shape index (κ1) is 75.5. The lowest BCUT2D eigenvalue weighted by molar-refractivity contribution is -0.155. The lowest BCUT2D eigenvalue weighted by Crippen LogP contribution is -2.34. The molecule has 0 fully saturated rings. The van der Waals surface area contributed by atoms with E-state index >= 15 is 0 Å². The highest BCUT2D eigenvalue weighted by Gasteiger charge is 2.41. The second-order valence-corrected chi connectivity index (χ2v) is 43.1. The highest BCUT2D eigenvalue weighted by atomic mass is 127. The Hall–Kier alpha value is -6.22. The minimum Gasteiger partial charge on any atom is -0.465 e. The van der Waals surface area contributed by atoms with Crippen LogP contribution >= 0.6 is 22.6 Å². The van der Waals surface area contributed by atoms with Crippen molar-refractivity contribution >= 4 is 86.6 Å². The van der Waals surface area contributed by atoms with Crippen molar-refractivity contribution in [2.45, 2.75) is 189 Å². The summed E-state index contributed by atoms with van der Waals surface area (Å²) in [5, 5.41) is 33.4. The van der Waals surface area contributed by atoms with Crippen molar-refractivity contribution in [1.82, 2.24) is 24.1 Å². The van der Waals surface area contributed by atoms with Crippen LogP contribution < -0.4 is 5.32 Å². The highest BCUT2D eigenvalue weighted by Crippen LogP contribution is 2.43. The molecular formula is C74H102BIN6O12Si2. The van der Waals surface area contributed by atoms with Gasteiger partial charge in [-0.3, -0.25) is 4.79 Å². The molecule has 0 spiro atoms. The second-order valence-electron chi connectivity index (χ2n) is 30.8. The van der Waals surface area contributed by atoms with Crippen molar-refractivity contribution in [1.29, 1.82) is 0 Å². The van der Waals surface area contributed by atoms with Gasteiger partial charge in [-0.1, -0.05) is 132 Å². The van der Waals surface area contributed by atoms with Crippen LogP contribution in [0, 0.1) is 14.5 Å². The Morgan fingerprint density at radius 1 is 0.698 bits per heavy atom. The van der Waals surface area contributed by atoms with Crippen molar-refractivity contribution in [2.24, 2.45) is 10.8 Å². The van der Waals surface area contributed by atoms with E-state index < -0.39 is 58.4 Å². The second kappa shape index (κ2) is 32.2. The van der Waals surface area contributed by atoms with Gasteiger partial charge in [0.05, 0.1) is 56.0 Å². The number of carbonyl (C=O) groups excluding carboxylic acids is 3. The average molecular weight is 1460 g/mol. The van der Waals surface area contributed by atoms with Gasteiger partial charge in [-0.25, -0.2) is 14.3 Å². The number of anilines is 1. The topological polar surface area (TPSA) is 209 Å². The van der Waals surface area contributed by atoms with Crippen molar-refractivity contribution < 1.29 is 57.6 Å². The van der Waals surface area contributed by atoms with Gasteiger partial charge < -0.3 is 53.1 Å². The van der Waals surface area contributed by atoms with Gasteiger partial charge in [-0.05, 0) is 184 Å². The third kappa shape index (κ3) is 20.9. The standard InChI is InChI=1S/C37H56N4O3Si2.C21H27IN2O3.C16H19BO6/c1-37(26-44-25-29-12-10-9-11-13-29)17-16-32-35(24-37)41(28-43-19-21-46(6,7)8)39-36(32)34-22-30-14-15-31(38-2)23-33(30)40(34)27-42-18-20-45(3,4)5;1-20(2,3)27-19(25)24-17-12-21(4,11-10-16(17)18(22)23-24)14-26-13-15-8-6-5-7-9-15;1-16(2,3)23-15(19)13-11-7-10(14(18)22-4)6-5-9(11)8-12(13)17(20)21/h9-15,22-23,38H,16-21,24-28H2,1-8H3;5-9H,10-14H2,1-4H3;5-8,13,20-21H,1-4H3. The Morgan fingerprint density at radius 2 is 1.26 bits per heavy atom. The van der Waals surface area contributed by atoms with E-state index in [2.05, 4.69) is 167 Å². The van der Waals surface area contributed by atoms with Crippen LogP contribution in [0.3, 0.4) is 0 Å². The summed E-state index contributed by atoms with van der Waals surface area (Å²) in [5.74, 6) is -2.10. The zero-order valence-corrected chi connectivity index (χ0v) is 63.6. The third-order valence-electron chi connectivity index (χ3n) is 17.3. The van der Waals surface area contributed by atoms with Gasteiger partial charge >= 0.3 is 25.2 Å². The first-order valence-electron chi connectivity index (χ1n) is 33.5. The molecule has 3 unspecified atom stereocenters. The van der Waals surface area contributed by atoms with Gasteiger partial charge in [0.25, 0.3) is 0 Å². The molecule has 0 amide bonds. The molecule has 3 heterocycles. The third-order valence-corrected chi connectivity index (χ3v) is 21.6. The predicted molar refractivity (Wildman–Crippen MR) is 394 cm³/mol. The molecule has 22 heteroatoms. The fraction of sp³-hybridized carbons (Fsp3) is 0.500. The van der Waals surface area contributed by atoms with Crippen LogP contribution in [0.2, 0.25) is 51.4 Å². The molecule has 96 heavy (non-hydrogen) atoms. The minimum atomic E-state index is -1.79. The molecule has 0 aliphatic heterocycles. The minimum absolute atomic E-state index is 0.0232. The summed E-state index contributed by atoms with van der Waals surface area (Å²) in [6.07, 6.45) is 6.73. The number of halogens is 1. The molecule has 0 saturated heterocycles. The van der Waals surface area contributed by atoms with E-state index in [1.54, 1.807) is 32.9 Å². The number of carbonyl (C=O) groups is 3. The monoisotopic (exact) mass is 1460 g/mol. The van der Waals surface area contributed by atoms with Crippen LogP contribution in [0.25, 0.3) is 28.4 Å². The van der Waals surface area contributed by atoms with Crippen LogP contribution in [-0.2, 0) is 90.3 Å². The molecule has 7 aromatic rings. The summed E-state index contributed by atoms with van der Waals surface area (Å²) >= 11 is 2.21. The number of esters is 2. The lowest BCUT2D eigenvalue weighted by atomic mass is 9.72. The van der Waals surface area contributed by atoms with Crippen LogP contribution in [0.5, 0.6) is 0 Å². The molecule has 0 bridgehead atoms. The lowest BCUT2D eigenvalue weighted by Gasteiger charge is -2.34. The summed E-state index contributed by atoms with van der Waals surface area (Å²) < 4.78 is 47.4. The number of nitrogens with zero attached hydrogens (tertiary/aromatic N) is 5. The summed E-state index contributed by atoms with van der Waals surface area (Å²) in [6, 6.07) is 36.5. The molecule has 0 radical (unpaired) electrons. The molecule has 10 rings (SSSR count). The molecule has 0 saturated carbocycles. The molecule has 3 aliphatic rings. The molecule has 3 N–H and O–H groups in total. The first-order chi connectivity index (χ1) is 45.1. The van der Waals surface area contributed by atoms with E-state index in [1.807, 2.05) is 46.0 Å². The Morgan fingerprint density at radius 3 is 1.80 bits per heavy atom. The number of hydrogen-bond acceptors (Lipinski definition) is 15. The fourth-order valence-corrected chi connectivity index (χ4v) is 14.3. The van der Waals surface area contributed by atoms with E-state index in [0.29, 0.717) is 44.4 Å². The maximum absolute atomic E-state index is 12.6. The molecular weight excluding hydrogens is 1360 g/mol. The summed E-state index contributed by atoms with van der Waals surface area (Å²) in [7, 11) is -0.937. The number of aromatic nitrogens is 5. The maximum Gasteiger partial charge on any atom is 0.485 e. The van der Waals surface area contributed by atoms with Gasteiger partial charge in [-0.2, -0.15) is 14.9 Å². The Kier molecular flexibility index (Phi) is 25.3. The highest BCUT2D eigenvalue weighted by molar-refractivity contribution is 14.1. The summed E-state index contributed by atoms with van der Waals surface area (Å²) in [6.45, 7) is 34.9. The van der Waals surface area contributed by atoms with Crippen molar-refractivity contribution in [3.05, 3.63) is 163 Å². The van der Waals surface area contributed by atoms with E-state index in [0.717, 1.165) is 96.9 Å². The molecule has 3 aliphatic carbocycles. The average Bonchev–Trinajstić information content (AvgIpc) is 1.61. The zero-order chi connectivity index (χ0) is 70.0. The number of methoxy groups -OCH3 is 1. The van der Waals surface area contributed by atoms with E-state index in [-0.39, 0.29) is 21.9 Å². The summed E-state index contributed by atoms with van der Waals surface area (Å²) in [4.78, 5) is 36.8. The molecule has 4 aromatic carbocycles. The van der Waals surface area contributed by atoms with Crippen LogP contribution in [-0.4, -0.2) is 127 Å².